The van der Waals surface area contributed by atoms with Crippen molar-refractivity contribution >= 4 is 33.2 Å². The quantitative estimate of drug-likeness (QED) is 0.512. The number of carbonyl (C=O) groups is 1. The summed E-state index contributed by atoms with van der Waals surface area (Å²) in [5.74, 6) is 0.799. The van der Waals surface area contributed by atoms with E-state index in [1.165, 1.54) is 11.3 Å². The average Bonchev–Trinajstić information content (AvgIpc) is 3.47. The third kappa shape index (κ3) is 5.23. The molecule has 0 atom stereocenters. The lowest BCUT2D eigenvalue weighted by Crippen LogP contribution is -2.32. The Morgan fingerprint density at radius 2 is 2.07 bits per heavy atom. The predicted octanol–water partition coefficient (Wildman–Crippen LogP) is 4.78. The summed E-state index contributed by atoms with van der Waals surface area (Å²) in [6, 6.07) is 15.7. The third-order valence-corrected chi connectivity index (χ3v) is 6.06. The molecule has 5 nitrogen and oxygen atoms in total. The number of ether oxygens (including phenoxy) is 1. The number of hydrogen-bond donors (Lipinski definition) is 1. The van der Waals surface area contributed by atoms with Crippen molar-refractivity contribution in [3.8, 4) is 5.75 Å². The number of halogens is 1. The van der Waals surface area contributed by atoms with Gasteiger partial charge in [-0.15, -0.1) is 11.3 Å². The molecule has 1 aliphatic carbocycles. The molecule has 0 unspecified atom stereocenters. The van der Waals surface area contributed by atoms with E-state index in [0.717, 1.165) is 33.6 Å². The second kappa shape index (κ2) is 9.07. The van der Waals surface area contributed by atoms with Crippen LogP contribution in [0.2, 0.25) is 0 Å². The summed E-state index contributed by atoms with van der Waals surface area (Å²) < 4.78 is 6.77. The predicted molar refractivity (Wildman–Crippen MR) is 116 cm³/mol. The van der Waals surface area contributed by atoms with Crippen molar-refractivity contribution in [3.63, 3.8) is 0 Å². The molecule has 1 fully saturated rings. The van der Waals surface area contributed by atoms with Crippen molar-refractivity contribution in [3.05, 3.63) is 80.2 Å². The van der Waals surface area contributed by atoms with E-state index in [-0.39, 0.29) is 12.5 Å². The van der Waals surface area contributed by atoms with Crippen molar-refractivity contribution in [1.82, 2.24) is 9.88 Å². The summed E-state index contributed by atoms with van der Waals surface area (Å²) in [4.78, 5) is 19.3. The van der Waals surface area contributed by atoms with Gasteiger partial charge >= 0.3 is 0 Å². The first-order valence-electron chi connectivity index (χ1n) is 9.45. The van der Waals surface area contributed by atoms with Gasteiger partial charge in [0.25, 0.3) is 5.91 Å². The monoisotopic (exact) mass is 472 g/mol. The molecule has 7 heteroatoms. The van der Waals surface area contributed by atoms with Gasteiger partial charge in [0.1, 0.15) is 17.4 Å². The smallest absolute Gasteiger partial charge is 0.254 e. The highest BCUT2D eigenvalue weighted by atomic mass is 79.9. The van der Waals surface area contributed by atoms with E-state index >= 15 is 0 Å². The highest BCUT2D eigenvalue weighted by Gasteiger charge is 2.33. The lowest BCUT2D eigenvalue weighted by atomic mass is 10.1. The highest BCUT2D eigenvalue weighted by molar-refractivity contribution is 9.10. The maximum Gasteiger partial charge on any atom is 0.254 e. The van der Waals surface area contributed by atoms with E-state index in [9.17, 15) is 4.79 Å². The van der Waals surface area contributed by atoms with Crippen molar-refractivity contribution in [2.24, 2.45) is 0 Å². The maximum atomic E-state index is 13.1. The van der Waals surface area contributed by atoms with Crippen LogP contribution in [0.25, 0.3) is 0 Å². The first kappa shape index (κ1) is 20.1. The molecular weight excluding hydrogens is 452 g/mol. The molecule has 3 aromatic rings. The zero-order chi connectivity index (χ0) is 20.2. The Labute approximate surface area is 182 Å². The third-order valence-electron chi connectivity index (χ3n) is 4.70. The number of aromatic nitrogens is 1. The van der Waals surface area contributed by atoms with Crippen molar-refractivity contribution in [2.75, 3.05) is 0 Å². The molecule has 150 valence electrons. The Kier molecular flexibility index (Phi) is 6.28. The van der Waals surface area contributed by atoms with Crippen LogP contribution in [0.3, 0.4) is 0 Å². The second-order valence-corrected chi connectivity index (χ2v) is 8.86. The Balaban J connectivity index is 1.44. The zero-order valence-corrected chi connectivity index (χ0v) is 18.2. The van der Waals surface area contributed by atoms with Gasteiger partial charge in [-0.2, -0.15) is 0 Å². The normalized spacial score (nSPS) is 13.3. The lowest BCUT2D eigenvalue weighted by molar-refractivity contribution is 0.0729. The van der Waals surface area contributed by atoms with Crippen LogP contribution in [-0.2, 0) is 19.8 Å². The summed E-state index contributed by atoms with van der Waals surface area (Å²) in [6.45, 7) is 0.853. The van der Waals surface area contributed by atoms with Crippen molar-refractivity contribution in [1.29, 1.82) is 0 Å². The molecule has 1 aromatic heterocycles. The van der Waals surface area contributed by atoms with Gasteiger partial charge in [0.2, 0.25) is 0 Å². The topological polar surface area (TPSA) is 62.7 Å². The van der Waals surface area contributed by atoms with Crippen LogP contribution in [0, 0.1) is 0 Å². The molecule has 0 spiro atoms. The molecule has 4 rings (SSSR count). The highest BCUT2D eigenvalue weighted by Crippen LogP contribution is 2.31. The fourth-order valence-electron chi connectivity index (χ4n) is 3.10. The molecule has 1 N–H and O–H groups in total. The summed E-state index contributed by atoms with van der Waals surface area (Å²) >= 11 is 4.92. The van der Waals surface area contributed by atoms with E-state index in [1.54, 1.807) is 0 Å². The molecule has 0 bridgehead atoms. The van der Waals surface area contributed by atoms with Crippen LogP contribution >= 0.6 is 27.3 Å². The molecular formula is C22H21BrN2O3S. The number of amides is 1. The van der Waals surface area contributed by atoms with E-state index in [2.05, 4.69) is 20.9 Å². The van der Waals surface area contributed by atoms with Gasteiger partial charge in [-0.05, 0) is 48.7 Å². The molecule has 1 heterocycles. The molecule has 0 saturated heterocycles. The van der Waals surface area contributed by atoms with E-state index < -0.39 is 0 Å². The van der Waals surface area contributed by atoms with Gasteiger partial charge in [0.15, 0.2) is 0 Å². The molecule has 1 aliphatic rings. The first-order valence-corrected chi connectivity index (χ1v) is 11.1. The minimum Gasteiger partial charge on any atom is -0.486 e. The van der Waals surface area contributed by atoms with Crippen molar-refractivity contribution in [2.45, 2.75) is 38.6 Å². The minimum atomic E-state index is -0.0605. The summed E-state index contributed by atoms with van der Waals surface area (Å²) in [6.07, 6.45) is 2.10. The van der Waals surface area contributed by atoms with Crippen LogP contribution in [0.4, 0.5) is 0 Å². The van der Waals surface area contributed by atoms with Gasteiger partial charge in [-0.1, -0.05) is 34.1 Å². The van der Waals surface area contributed by atoms with Gasteiger partial charge in [-0.25, -0.2) is 4.98 Å². The summed E-state index contributed by atoms with van der Waals surface area (Å²) in [7, 11) is 0. The fourth-order valence-corrected chi connectivity index (χ4v) is 4.20. The number of aliphatic hydroxyl groups is 1. The Bertz CT molecular complexity index is 1000. The first-order chi connectivity index (χ1) is 14.1. The van der Waals surface area contributed by atoms with Gasteiger partial charge in [0, 0.05) is 28.0 Å². The standard InChI is InChI=1S/C22H21BrN2O3S/c23-17-5-2-4-16(10-17)22(27)25(19-7-8-19)11-15-3-1-6-20(9-15)28-13-21-24-18(12-26)14-29-21/h1-6,9-10,14,19,26H,7-8,11-13H2. The summed E-state index contributed by atoms with van der Waals surface area (Å²) in [5, 5.41) is 11.8. The van der Waals surface area contributed by atoms with Crippen LogP contribution < -0.4 is 4.74 Å². The maximum absolute atomic E-state index is 13.1. The second-order valence-electron chi connectivity index (χ2n) is 7.00. The van der Waals surface area contributed by atoms with Gasteiger partial charge in [0.05, 0.1) is 12.3 Å². The Morgan fingerprint density at radius 1 is 1.24 bits per heavy atom. The molecule has 0 radical (unpaired) electrons. The van der Waals surface area contributed by atoms with Gasteiger partial charge < -0.3 is 14.7 Å². The molecule has 1 amide bonds. The Hall–Kier alpha value is -2.22. The number of nitrogens with zero attached hydrogens (tertiary/aromatic N) is 2. The number of carbonyl (C=O) groups excluding carboxylic acids is 1. The lowest BCUT2D eigenvalue weighted by Gasteiger charge is -2.23. The molecule has 0 aliphatic heterocycles. The van der Waals surface area contributed by atoms with Crippen LogP contribution in [0.1, 0.15) is 39.5 Å². The number of thiazole rings is 1. The van der Waals surface area contributed by atoms with E-state index in [1.807, 2.05) is 58.8 Å². The van der Waals surface area contributed by atoms with Crippen LogP contribution in [0.5, 0.6) is 5.75 Å². The molecule has 1 saturated carbocycles. The zero-order valence-electron chi connectivity index (χ0n) is 15.8. The van der Waals surface area contributed by atoms with Gasteiger partial charge in [-0.3, -0.25) is 4.79 Å². The van der Waals surface area contributed by atoms with Crippen molar-refractivity contribution < 1.29 is 14.6 Å². The number of hydrogen-bond acceptors (Lipinski definition) is 5. The number of benzene rings is 2. The Morgan fingerprint density at radius 3 is 2.79 bits per heavy atom. The average molecular weight is 473 g/mol. The van der Waals surface area contributed by atoms with Crippen LogP contribution in [0.15, 0.2) is 58.4 Å². The SMILES string of the molecule is O=C(c1cccc(Br)c1)N(Cc1cccc(OCc2nc(CO)cs2)c1)C1CC1. The largest absolute Gasteiger partial charge is 0.486 e. The number of aliphatic hydroxyl groups excluding tert-OH is 1. The van der Waals surface area contributed by atoms with E-state index in [4.69, 9.17) is 9.84 Å². The minimum absolute atomic E-state index is 0.0550. The van der Waals surface area contributed by atoms with Crippen LogP contribution in [-0.4, -0.2) is 26.9 Å². The summed E-state index contributed by atoms with van der Waals surface area (Å²) in [5.41, 5.74) is 2.39. The number of rotatable bonds is 8. The fraction of sp³-hybridized carbons (Fsp3) is 0.273. The molecule has 2 aromatic carbocycles. The molecule has 29 heavy (non-hydrogen) atoms. The van der Waals surface area contributed by atoms with E-state index in [0.29, 0.717) is 30.5 Å².